The molecule has 124 valence electrons. The largest absolute Gasteiger partial charge is 0.388 e. The first-order valence-corrected chi connectivity index (χ1v) is 9.08. The number of allylic oxidation sites excluding steroid dienone is 2. The SMILES string of the molecule is CNc1ccccc1-c1c(C2C=CCCC2C)ccc2cc#ccc12. The normalized spacial score (nSPS) is 19.6. The Morgan fingerprint density at radius 2 is 1.88 bits per heavy atom. The summed E-state index contributed by atoms with van der Waals surface area (Å²) < 4.78 is 0. The molecule has 1 nitrogen and oxygen atoms in total. The molecule has 0 fully saturated rings. The summed E-state index contributed by atoms with van der Waals surface area (Å²) >= 11 is 0. The molecule has 0 amide bonds. The molecule has 0 saturated heterocycles. The zero-order valence-electron chi connectivity index (χ0n) is 14.8. The van der Waals surface area contributed by atoms with Crippen LogP contribution in [-0.4, -0.2) is 7.05 Å². The third-order valence-electron chi connectivity index (χ3n) is 5.41. The van der Waals surface area contributed by atoms with E-state index in [1.54, 1.807) is 0 Å². The fourth-order valence-corrected chi connectivity index (χ4v) is 4.05. The Labute approximate surface area is 150 Å². The van der Waals surface area contributed by atoms with Crippen LogP contribution in [-0.2, 0) is 0 Å². The highest BCUT2D eigenvalue weighted by Gasteiger charge is 2.24. The topological polar surface area (TPSA) is 12.0 Å². The summed E-state index contributed by atoms with van der Waals surface area (Å²) in [5.74, 6) is 1.12. The van der Waals surface area contributed by atoms with E-state index in [4.69, 9.17) is 0 Å². The van der Waals surface area contributed by atoms with E-state index in [2.05, 4.69) is 79.0 Å². The summed E-state index contributed by atoms with van der Waals surface area (Å²) in [6.07, 6.45) is 7.19. The van der Waals surface area contributed by atoms with Gasteiger partial charge in [0.2, 0.25) is 0 Å². The summed E-state index contributed by atoms with van der Waals surface area (Å²) in [4.78, 5) is 0. The van der Waals surface area contributed by atoms with Crippen LogP contribution in [0.3, 0.4) is 0 Å². The Morgan fingerprint density at radius 1 is 1.04 bits per heavy atom. The van der Waals surface area contributed by atoms with Gasteiger partial charge >= 0.3 is 0 Å². The molecular weight excluding hydrogens is 302 g/mol. The molecule has 1 aliphatic carbocycles. The maximum Gasteiger partial charge on any atom is 0.0417 e. The van der Waals surface area contributed by atoms with Crippen LogP contribution in [0.1, 0.15) is 31.2 Å². The lowest BCUT2D eigenvalue weighted by Crippen LogP contribution is -2.12. The van der Waals surface area contributed by atoms with E-state index in [9.17, 15) is 0 Å². The molecule has 2 unspecified atom stereocenters. The number of nitrogens with one attached hydrogen (secondary N) is 1. The molecule has 0 heterocycles. The van der Waals surface area contributed by atoms with E-state index >= 15 is 0 Å². The molecule has 0 spiro atoms. The molecule has 0 aliphatic heterocycles. The molecule has 3 aromatic carbocycles. The Bertz CT molecular complexity index is 922. The summed E-state index contributed by atoms with van der Waals surface area (Å²) in [7, 11) is 1.99. The first-order valence-electron chi connectivity index (χ1n) is 9.08. The van der Waals surface area contributed by atoms with E-state index < -0.39 is 0 Å². The predicted molar refractivity (Wildman–Crippen MR) is 107 cm³/mol. The Hall–Kier alpha value is -2.72. The van der Waals surface area contributed by atoms with Crippen molar-refractivity contribution in [1.82, 2.24) is 0 Å². The van der Waals surface area contributed by atoms with Gasteiger partial charge in [0.25, 0.3) is 0 Å². The quantitative estimate of drug-likeness (QED) is 0.564. The summed E-state index contributed by atoms with van der Waals surface area (Å²) in [6, 6.07) is 23.5. The van der Waals surface area contributed by atoms with Crippen molar-refractivity contribution in [3.63, 3.8) is 0 Å². The average molecular weight is 325 g/mol. The maximum absolute atomic E-state index is 3.36. The van der Waals surface area contributed by atoms with Crippen molar-refractivity contribution in [3.05, 3.63) is 78.4 Å². The number of para-hydroxylation sites is 1. The third kappa shape index (κ3) is 2.79. The smallest absolute Gasteiger partial charge is 0.0417 e. The first-order chi connectivity index (χ1) is 12.3. The second-order valence-electron chi connectivity index (χ2n) is 6.91. The van der Waals surface area contributed by atoms with Crippen LogP contribution in [0.15, 0.2) is 60.7 Å². The van der Waals surface area contributed by atoms with Crippen LogP contribution in [0.5, 0.6) is 0 Å². The number of anilines is 1. The molecular formula is C24H23N. The second-order valence-corrected chi connectivity index (χ2v) is 6.91. The van der Waals surface area contributed by atoms with E-state index in [0.29, 0.717) is 11.8 Å². The molecule has 1 heteroatoms. The van der Waals surface area contributed by atoms with Gasteiger partial charge in [0, 0.05) is 24.2 Å². The van der Waals surface area contributed by atoms with Crippen LogP contribution in [0.2, 0.25) is 0 Å². The molecule has 25 heavy (non-hydrogen) atoms. The highest BCUT2D eigenvalue weighted by molar-refractivity contribution is 6.01. The van der Waals surface area contributed by atoms with Crippen LogP contribution in [0, 0.1) is 18.1 Å². The highest BCUT2D eigenvalue weighted by Crippen LogP contribution is 2.43. The van der Waals surface area contributed by atoms with Gasteiger partial charge in [0.05, 0.1) is 0 Å². The predicted octanol–water partition coefficient (Wildman–Crippen LogP) is 6.22. The van der Waals surface area contributed by atoms with Crippen molar-refractivity contribution < 1.29 is 0 Å². The van der Waals surface area contributed by atoms with E-state index in [1.165, 1.54) is 40.3 Å². The van der Waals surface area contributed by atoms with Gasteiger partial charge in [-0.15, -0.1) is 0 Å². The van der Waals surface area contributed by atoms with Gasteiger partial charge in [0.1, 0.15) is 0 Å². The van der Waals surface area contributed by atoms with Crippen molar-refractivity contribution in [2.75, 3.05) is 12.4 Å². The van der Waals surface area contributed by atoms with Gasteiger partial charge in [0.15, 0.2) is 0 Å². The molecule has 0 bridgehead atoms. The van der Waals surface area contributed by atoms with Gasteiger partial charge < -0.3 is 5.32 Å². The van der Waals surface area contributed by atoms with Crippen LogP contribution in [0.25, 0.3) is 21.9 Å². The third-order valence-corrected chi connectivity index (χ3v) is 5.41. The van der Waals surface area contributed by atoms with E-state index in [1.807, 2.05) is 13.1 Å². The van der Waals surface area contributed by atoms with E-state index in [0.717, 1.165) is 5.69 Å². The van der Waals surface area contributed by atoms with Gasteiger partial charge in [-0.3, -0.25) is 0 Å². The summed E-state index contributed by atoms with van der Waals surface area (Å²) in [5.41, 5.74) is 5.17. The number of hydrogen-bond acceptors (Lipinski definition) is 1. The van der Waals surface area contributed by atoms with Crippen molar-refractivity contribution in [3.8, 4) is 11.1 Å². The van der Waals surface area contributed by atoms with Gasteiger partial charge in [-0.25, -0.2) is 0 Å². The Kier molecular flexibility index (Phi) is 4.20. The van der Waals surface area contributed by atoms with E-state index in [-0.39, 0.29) is 0 Å². The summed E-state index contributed by atoms with van der Waals surface area (Å²) in [6.45, 7) is 2.37. The second kappa shape index (κ2) is 6.65. The van der Waals surface area contributed by atoms with Crippen LogP contribution in [0.4, 0.5) is 5.69 Å². The molecule has 0 aromatic heterocycles. The number of benzene rings is 2. The fourth-order valence-electron chi connectivity index (χ4n) is 4.05. The molecule has 0 radical (unpaired) electrons. The highest BCUT2D eigenvalue weighted by atomic mass is 14.8. The number of rotatable bonds is 3. The van der Waals surface area contributed by atoms with Crippen LogP contribution < -0.4 is 5.32 Å². The minimum absolute atomic E-state index is 0.460. The Morgan fingerprint density at radius 3 is 2.72 bits per heavy atom. The lowest BCUT2D eigenvalue weighted by atomic mass is 9.77. The van der Waals surface area contributed by atoms with Gasteiger partial charge in [-0.1, -0.05) is 61.5 Å². The molecule has 3 aromatic rings. The van der Waals surface area contributed by atoms with Crippen LogP contribution >= 0.6 is 0 Å². The summed E-state index contributed by atoms with van der Waals surface area (Å²) in [5, 5.41) is 5.84. The first kappa shape index (κ1) is 15.8. The maximum atomic E-state index is 3.36. The van der Waals surface area contributed by atoms with Crippen molar-refractivity contribution in [2.24, 2.45) is 5.92 Å². The lowest BCUT2D eigenvalue weighted by Gasteiger charge is -2.28. The van der Waals surface area contributed by atoms with Crippen molar-refractivity contribution >= 4 is 16.5 Å². The molecule has 4 rings (SSSR count). The minimum Gasteiger partial charge on any atom is -0.388 e. The average Bonchev–Trinajstić information content (AvgIpc) is 2.67. The molecule has 0 saturated carbocycles. The number of fused-ring (bicyclic) bond motifs is 1. The van der Waals surface area contributed by atoms with Gasteiger partial charge in [-0.2, -0.15) is 0 Å². The lowest BCUT2D eigenvalue weighted by molar-refractivity contribution is 0.470. The molecule has 1 N–H and O–H groups in total. The minimum atomic E-state index is 0.460. The van der Waals surface area contributed by atoms with Gasteiger partial charge in [-0.05, 0) is 58.9 Å². The number of hydrogen-bond donors (Lipinski definition) is 1. The Balaban J connectivity index is 2.04. The zero-order valence-corrected chi connectivity index (χ0v) is 14.8. The fraction of sp³-hybridized carbons (Fsp3) is 0.250. The monoisotopic (exact) mass is 325 g/mol. The van der Waals surface area contributed by atoms with Crippen molar-refractivity contribution in [1.29, 1.82) is 0 Å². The molecule has 1 aliphatic rings. The molecule has 2 atom stereocenters. The van der Waals surface area contributed by atoms with Crippen molar-refractivity contribution in [2.45, 2.75) is 25.7 Å². The zero-order chi connectivity index (χ0) is 17.2. The standard InChI is InChI=1S/C24H23N/c1-17-9-3-5-11-19(17)21-16-15-18-10-4-6-12-20(18)24(21)22-13-7-8-14-23(22)25-2/h5,7-8,10-17,19,25H,3,9H2,1-2H3.